The molecule has 0 aliphatic carbocycles. The maximum Gasteiger partial charge on any atom is 0.266 e. The molecular formula is C23H20N2O2. The lowest BCUT2D eigenvalue weighted by Crippen LogP contribution is -2.14. The Morgan fingerprint density at radius 3 is 2.59 bits per heavy atom. The summed E-state index contributed by atoms with van der Waals surface area (Å²) in [6, 6.07) is 21.1. The van der Waals surface area contributed by atoms with Crippen LogP contribution in [-0.2, 0) is 4.79 Å². The first-order chi connectivity index (χ1) is 13.1. The maximum atomic E-state index is 12.7. The molecule has 134 valence electrons. The number of anilines is 1. The lowest BCUT2D eigenvalue weighted by Gasteiger charge is -2.12. The number of hydrogen-bond acceptors (Lipinski definition) is 3. The first-order valence-electron chi connectivity index (χ1n) is 8.77. The fourth-order valence-electron chi connectivity index (χ4n) is 2.90. The van der Waals surface area contributed by atoms with Gasteiger partial charge in [-0.2, -0.15) is 5.26 Å². The molecule has 4 heteroatoms. The highest BCUT2D eigenvalue weighted by molar-refractivity contribution is 6.11. The number of carbonyl (C=O) groups excluding carboxylic acids is 1. The van der Waals surface area contributed by atoms with Gasteiger partial charge in [0.1, 0.15) is 17.4 Å². The van der Waals surface area contributed by atoms with Crippen LogP contribution in [0.4, 0.5) is 5.69 Å². The van der Waals surface area contributed by atoms with Gasteiger partial charge < -0.3 is 10.1 Å². The van der Waals surface area contributed by atoms with E-state index in [9.17, 15) is 10.1 Å². The molecule has 1 amide bonds. The van der Waals surface area contributed by atoms with Crippen molar-refractivity contribution in [3.63, 3.8) is 0 Å². The molecular weight excluding hydrogens is 336 g/mol. The van der Waals surface area contributed by atoms with E-state index in [4.69, 9.17) is 4.74 Å². The summed E-state index contributed by atoms with van der Waals surface area (Å²) in [4.78, 5) is 12.7. The van der Waals surface area contributed by atoms with Crippen LogP contribution >= 0.6 is 0 Å². The number of rotatable bonds is 5. The molecule has 0 bridgehead atoms. The molecule has 4 nitrogen and oxygen atoms in total. The summed E-state index contributed by atoms with van der Waals surface area (Å²) < 4.78 is 5.72. The Hall–Kier alpha value is -3.58. The number of para-hydroxylation sites is 1. The summed E-state index contributed by atoms with van der Waals surface area (Å²) in [5.41, 5.74) is 2.37. The minimum atomic E-state index is -0.442. The van der Waals surface area contributed by atoms with Crippen LogP contribution in [0.5, 0.6) is 5.75 Å². The largest absolute Gasteiger partial charge is 0.493 e. The number of aryl methyl sites for hydroxylation is 1. The van der Waals surface area contributed by atoms with Crippen molar-refractivity contribution in [2.24, 2.45) is 0 Å². The number of amides is 1. The van der Waals surface area contributed by atoms with Gasteiger partial charge in [0, 0.05) is 11.3 Å². The second-order valence-electron chi connectivity index (χ2n) is 6.07. The fourth-order valence-corrected chi connectivity index (χ4v) is 2.90. The van der Waals surface area contributed by atoms with Crippen molar-refractivity contribution in [1.29, 1.82) is 5.26 Å². The second-order valence-corrected chi connectivity index (χ2v) is 6.07. The van der Waals surface area contributed by atoms with Gasteiger partial charge in [-0.25, -0.2) is 0 Å². The van der Waals surface area contributed by atoms with Gasteiger partial charge in [-0.3, -0.25) is 4.79 Å². The van der Waals surface area contributed by atoms with E-state index in [2.05, 4.69) is 5.32 Å². The summed E-state index contributed by atoms with van der Waals surface area (Å²) in [5, 5.41) is 14.3. The van der Waals surface area contributed by atoms with Gasteiger partial charge in [0.25, 0.3) is 5.91 Å². The van der Waals surface area contributed by atoms with E-state index in [0.29, 0.717) is 18.0 Å². The van der Waals surface area contributed by atoms with Crippen LogP contribution in [-0.4, -0.2) is 12.5 Å². The molecule has 0 heterocycles. The molecule has 0 aliphatic heterocycles. The van der Waals surface area contributed by atoms with Crippen molar-refractivity contribution in [2.75, 3.05) is 11.9 Å². The van der Waals surface area contributed by atoms with Crippen molar-refractivity contribution in [1.82, 2.24) is 0 Å². The summed E-state index contributed by atoms with van der Waals surface area (Å²) >= 11 is 0. The van der Waals surface area contributed by atoms with Crippen LogP contribution in [0.2, 0.25) is 0 Å². The zero-order valence-corrected chi connectivity index (χ0v) is 15.3. The molecule has 0 saturated heterocycles. The monoisotopic (exact) mass is 356 g/mol. The van der Waals surface area contributed by atoms with E-state index in [-0.39, 0.29) is 5.57 Å². The lowest BCUT2D eigenvalue weighted by molar-refractivity contribution is -0.112. The third kappa shape index (κ3) is 3.99. The van der Waals surface area contributed by atoms with Gasteiger partial charge in [-0.15, -0.1) is 0 Å². The van der Waals surface area contributed by atoms with Crippen LogP contribution in [0.25, 0.3) is 16.8 Å². The molecule has 3 rings (SSSR count). The predicted octanol–water partition coefficient (Wildman–Crippen LogP) is 5.09. The van der Waals surface area contributed by atoms with Crippen LogP contribution in [0, 0.1) is 18.3 Å². The number of fused-ring (bicyclic) bond motifs is 1. The second kappa shape index (κ2) is 8.20. The molecule has 0 aliphatic rings. The average Bonchev–Trinajstić information content (AvgIpc) is 2.69. The number of nitrogens with one attached hydrogen (secondary N) is 1. The fraction of sp³-hybridized carbons (Fsp3) is 0.130. The zero-order chi connectivity index (χ0) is 19.2. The molecule has 0 radical (unpaired) electrons. The molecule has 0 atom stereocenters. The highest BCUT2D eigenvalue weighted by atomic mass is 16.5. The molecule has 1 N–H and O–H groups in total. The normalized spacial score (nSPS) is 11.1. The summed E-state index contributed by atoms with van der Waals surface area (Å²) in [6.45, 7) is 4.30. The van der Waals surface area contributed by atoms with Crippen LogP contribution in [0.15, 0.2) is 66.2 Å². The minimum Gasteiger partial charge on any atom is -0.493 e. The SMILES string of the molecule is CCOc1ccc2ccccc2c1/C=C(/C#N)C(=O)Nc1ccccc1C. The quantitative estimate of drug-likeness (QED) is 0.511. The number of benzene rings is 3. The lowest BCUT2D eigenvalue weighted by atomic mass is 10.0. The number of ether oxygens (including phenoxy) is 1. The Balaban J connectivity index is 2.05. The molecule has 0 unspecified atom stereocenters. The highest BCUT2D eigenvalue weighted by Crippen LogP contribution is 2.30. The number of nitriles is 1. The van der Waals surface area contributed by atoms with Crippen LogP contribution in [0.3, 0.4) is 0 Å². The van der Waals surface area contributed by atoms with Crippen LogP contribution in [0.1, 0.15) is 18.1 Å². The molecule has 3 aromatic carbocycles. The van der Waals surface area contributed by atoms with E-state index in [1.165, 1.54) is 0 Å². The molecule has 3 aromatic rings. The van der Waals surface area contributed by atoms with E-state index in [0.717, 1.165) is 21.9 Å². The summed E-state index contributed by atoms with van der Waals surface area (Å²) in [7, 11) is 0. The smallest absolute Gasteiger partial charge is 0.266 e. The van der Waals surface area contributed by atoms with Gasteiger partial charge in [-0.1, -0.05) is 48.5 Å². The Morgan fingerprint density at radius 2 is 1.85 bits per heavy atom. The van der Waals surface area contributed by atoms with E-state index in [1.807, 2.05) is 80.6 Å². The van der Waals surface area contributed by atoms with Gasteiger partial charge in [-0.05, 0) is 48.4 Å². The van der Waals surface area contributed by atoms with Crippen molar-refractivity contribution in [3.05, 3.63) is 77.4 Å². The Kier molecular flexibility index (Phi) is 5.53. The Morgan fingerprint density at radius 1 is 1.11 bits per heavy atom. The van der Waals surface area contributed by atoms with Gasteiger partial charge in [0.2, 0.25) is 0 Å². The molecule has 0 spiro atoms. The number of carbonyl (C=O) groups is 1. The maximum absolute atomic E-state index is 12.7. The van der Waals surface area contributed by atoms with E-state index in [1.54, 1.807) is 6.08 Å². The van der Waals surface area contributed by atoms with Crippen LogP contribution < -0.4 is 10.1 Å². The third-order valence-corrected chi connectivity index (χ3v) is 4.28. The van der Waals surface area contributed by atoms with Gasteiger partial charge in [0.15, 0.2) is 0 Å². The first kappa shape index (κ1) is 18.2. The van der Waals surface area contributed by atoms with Crippen molar-refractivity contribution in [3.8, 4) is 11.8 Å². The summed E-state index contributed by atoms with van der Waals surface area (Å²) in [5.74, 6) is 0.204. The molecule has 0 aromatic heterocycles. The standard InChI is InChI=1S/C23H20N2O2/c1-3-27-22-13-12-17-9-5-6-10-19(17)20(22)14-18(15-24)23(26)25-21-11-7-4-8-16(21)2/h4-14H,3H2,1-2H3,(H,25,26)/b18-14-. The first-order valence-corrected chi connectivity index (χ1v) is 8.77. The Bertz CT molecular complexity index is 1060. The molecule has 0 saturated carbocycles. The Labute approximate surface area is 158 Å². The highest BCUT2D eigenvalue weighted by Gasteiger charge is 2.14. The minimum absolute atomic E-state index is 0.0237. The molecule has 27 heavy (non-hydrogen) atoms. The van der Waals surface area contributed by atoms with Crippen molar-refractivity contribution >= 4 is 28.4 Å². The van der Waals surface area contributed by atoms with E-state index < -0.39 is 5.91 Å². The van der Waals surface area contributed by atoms with Crippen molar-refractivity contribution < 1.29 is 9.53 Å². The summed E-state index contributed by atoms with van der Waals surface area (Å²) in [6.07, 6.45) is 1.60. The van der Waals surface area contributed by atoms with Crippen molar-refractivity contribution in [2.45, 2.75) is 13.8 Å². The topological polar surface area (TPSA) is 62.1 Å². The van der Waals surface area contributed by atoms with Gasteiger partial charge in [0.05, 0.1) is 6.61 Å². The third-order valence-electron chi connectivity index (χ3n) is 4.28. The number of nitrogens with zero attached hydrogens (tertiary/aromatic N) is 1. The number of hydrogen-bond donors (Lipinski definition) is 1. The van der Waals surface area contributed by atoms with E-state index >= 15 is 0 Å². The van der Waals surface area contributed by atoms with Gasteiger partial charge >= 0.3 is 0 Å². The molecule has 0 fully saturated rings. The zero-order valence-electron chi connectivity index (χ0n) is 15.3. The predicted molar refractivity (Wildman–Crippen MR) is 109 cm³/mol. The average molecular weight is 356 g/mol.